The Bertz CT molecular complexity index is 915. The van der Waals surface area contributed by atoms with Crippen molar-refractivity contribution in [3.8, 4) is 0 Å². The van der Waals surface area contributed by atoms with E-state index in [1.807, 2.05) is 12.1 Å². The lowest BCUT2D eigenvalue weighted by atomic mass is 10.1. The van der Waals surface area contributed by atoms with Crippen molar-refractivity contribution in [1.29, 1.82) is 0 Å². The summed E-state index contributed by atoms with van der Waals surface area (Å²) in [6, 6.07) is 5.41. The number of rotatable bonds is 2. The van der Waals surface area contributed by atoms with Gasteiger partial charge >= 0.3 is 0 Å². The van der Waals surface area contributed by atoms with Gasteiger partial charge in [0.1, 0.15) is 5.69 Å². The first kappa shape index (κ1) is 15.3. The van der Waals surface area contributed by atoms with Gasteiger partial charge in [-0.25, -0.2) is 9.97 Å². The third-order valence-corrected chi connectivity index (χ3v) is 4.30. The molecule has 1 aromatic carbocycles. The molecule has 1 aliphatic heterocycles. The lowest BCUT2D eigenvalue weighted by Gasteiger charge is -2.34. The molecule has 4 rings (SSSR count). The van der Waals surface area contributed by atoms with E-state index >= 15 is 0 Å². The van der Waals surface area contributed by atoms with E-state index in [-0.39, 0.29) is 11.8 Å². The number of carbonyl (C=O) groups is 2. The van der Waals surface area contributed by atoms with E-state index in [1.54, 1.807) is 22.2 Å². The Hall–Kier alpha value is -3.29. The Balaban J connectivity index is 1.42. The molecule has 0 bridgehead atoms. The summed E-state index contributed by atoms with van der Waals surface area (Å²) in [6.07, 6.45) is 6.10. The summed E-state index contributed by atoms with van der Waals surface area (Å²) in [5.74, 6) is -0.192. The second-order valence-corrected chi connectivity index (χ2v) is 5.81. The molecule has 0 aliphatic carbocycles. The third-order valence-electron chi connectivity index (χ3n) is 4.30. The number of hydrogen-bond acceptors (Lipinski definition) is 5. The number of aromatic nitrogens is 4. The maximum Gasteiger partial charge on any atom is 0.274 e. The average Bonchev–Trinajstić information content (AvgIpc) is 3.15. The van der Waals surface area contributed by atoms with Crippen molar-refractivity contribution in [3.05, 3.63) is 54.4 Å². The summed E-state index contributed by atoms with van der Waals surface area (Å²) >= 11 is 0. The molecule has 3 heterocycles. The number of hydrogen-bond donors (Lipinski definition) is 1. The van der Waals surface area contributed by atoms with Crippen LogP contribution in [0.1, 0.15) is 20.8 Å². The number of nitrogens with zero attached hydrogens (tertiary/aromatic N) is 5. The summed E-state index contributed by atoms with van der Waals surface area (Å²) in [4.78, 5) is 43.6. The topological polar surface area (TPSA) is 95.1 Å². The smallest absolute Gasteiger partial charge is 0.274 e. The lowest BCUT2D eigenvalue weighted by Crippen LogP contribution is -2.50. The van der Waals surface area contributed by atoms with Crippen LogP contribution in [0, 0.1) is 0 Å². The Morgan fingerprint density at radius 3 is 2.44 bits per heavy atom. The molecule has 2 amide bonds. The van der Waals surface area contributed by atoms with Gasteiger partial charge in [-0.3, -0.25) is 14.6 Å². The Kier molecular flexibility index (Phi) is 3.85. The summed E-state index contributed by atoms with van der Waals surface area (Å²) < 4.78 is 0. The molecule has 25 heavy (non-hydrogen) atoms. The second-order valence-electron chi connectivity index (χ2n) is 5.81. The molecule has 0 saturated carbocycles. The number of fused-ring (bicyclic) bond motifs is 1. The lowest BCUT2D eigenvalue weighted by molar-refractivity contribution is 0.0532. The number of carbonyl (C=O) groups excluding carboxylic acids is 2. The predicted molar refractivity (Wildman–Crippen MR) is 89.9 cm³/mol. The summed E-state index contributed by atoms with van der Waals surface area (Å²) in [7, 11) is 0. The van der Waals surface area contributed by atoms with E-state index < -0.39 is 0 Å². The van der Waals surface area contributed by atoms with Gasteiger partial charge in [-0.15, -0.1) is 0 Å². The van der Waals surface area contributed by atoms with Gasteiger partial charge in [0, 0.05) is 44.1 Å². The number of piperazine rings is 1. The minimum atomic E-state index is -0.154. The molecule has 0 atom stereocenters. The quantitative estimate of drug-likeness (QED) is 0.752. The van der Waals surface area contributed by atoms with Crippen LogP contribution in [0.15, 0.2) is 43.1 Å². The van der Waals surface area contributed by atoms with Gasteiger partial charge in [0.15, 0.2) is 0 Å². The van der Waals surface area contributed by atoms with E-state index in [2.05, 4.69) is 19.9 Å². The van der Waals surface area contributed by atoms with Crippen LogP contribution in [0.5, 0.6) is 0 Å². The molecule has 0 unspecified atom stereocenters. The highest BCUT2D eigenvalue weighted by Gasteiger charge is 2.26. The molecule has 0 spiro atoms. The average molecular weight is 336 g/mol. The highest BCUT2D eigenvalue weighted by molar-refractivity contribution is 5.97. The highest BCUT2D eigenvalue weighted by Crippen LogP contribution is 2.15. The second kappa shape index (κ2) is 6.31. The molecule has 1 N–H and O–H groups in total. The third kappa shape index (κ3) is 2.93. The monoisotopic (exact) mass is 336 g/mol. The largest absolute Gasteiger partial charge is 0.345 e. The zero-order chi connectivity index (χ0) is 17.2. The Morgan fingerprint density at radius 1 is 0.960 bits per heavy atom. The number of amides is 2. The van der Waals surface area contributed by atoms with Crippen LogP contribution in [0.3, 0.4) is 0 Å². The van der Waals surface area contributed by atoms with Gasteiger partial charge in [-0.2, -0.15) is 0 Å². The van der Waals surface area contributed by atoms with Crippen LogP contribution in [-0.4, -0.2) is 67.7 Å². The van der Waals surface area contributed by atoms with Crippen LogP contribution in [0.25, 0.3) is 11.0 Å². The van der Waals surface area contributed by atoms with Gasteiger partial charge in [-0.05, 0) is 18.2 Å². The molecule has 8 heteroatoms. The van der Waals surface area contributed by atoms with Crippen molar-refractivity contribution in [2.45, 2.75) is 0 Å². The Morgan fingerprint density at radius 2 is 1.72 bits per heavy atom. The van der Waals surface area contributed by atoms with Crippen LogP contribution < -0.4 is 0 Å². The number of nitrogens with one attached hydrogen (secondary N) is 1. The minimum absolute atomic E-state index is 0.0388. The van der Waals surface area contributed by atoms with Crippen molar-refractivity contribution in [3.63, 3.8) is 0 Å². The molecular formula is C17H16N6O2. The van der Waals surface area contributed by atoms with E-state index in [0.717, 1.165) is 11.0 Å². The molecule has 3 aromatic rings. The zero-order valence-electron chi connectivity index (χ0n) is 13.4. The summed E-state index contributed by atoms with van der Waals surface area (Å²) in [5.41, 5.74) is 2.61. The summed E-state index contributed by atoms with van der Waals surface area (Å²) in [5, 5.41) is 0. The van der Waals surface area contributed by atoms with Crippen molar-refractivity contribution in [2.24, 2.45) is 0 Å². The highest BCUT2D eigenvalue weighted by atomic mass is 16.2. The maximum absolute atomic E-state index is 12.7. The van der Waals surface area contributed by atoms with Crippen LogP contribution in [0.2, 0.25) is 0 Å². The standard InChI is InChI=1S/C17H16N6O2/c24-16(12-1-2-13-14(9-12)21-11-20-13)22-5-7-23(8-6-22)17(25)15-10-18-3-4-19-15/h1-4,9-11H,5-8H2,(H,20,21). The normalized spacial score (nSPS) is 14.7. The van der Waals surface area contributed by atoms with E-state index in [9.17, 15) is 9.59 Å². The fourth-order valence-electron chi connectivity index (χ4n) is 2.94. The molecule has 1 aliphatic rings. The van der Waals surface area contributed by atoms with Crippen LogP contribution in [-0.2, 0) is 0 Å². The number of aromatic amines is 1. The first-order valence-electron chi connectivity index (χ1n) is 8.00. The molecule has 0 radical (unpaired) electrons. The van der Waals surface area contributed by atoms with Gasteiger partial charge in [0.25, 0.3) is 11.8 Å². The van der Waals surface area contributed by atoms with Gasteiger partial charge in [-0.1, -0.05) is 0 Å². The molecule has 1 fully saturated rings. The Labute approximate surface area is 143 Å². The van der Waals surface area contributed by atoms with Crippen molar-refractivity contribution < 1.29 is 9.59 Å². The maximum atomic E-state index is 12.7. The van der Waals surface area contributed by atoms with E-state index in [1.165, 1.54) is 18.6 Å². The fourth-order valence-corrected chi connectivity index (χ4v) is 2.94. The molecule has 8 nitrogen and oxygen atoms in total. The first-order valence-corrected chi connectivity index (χ1v) is 8.00. The fraction of sp³-hybridized carbons (Fsp3) is 0.235. The van der Waals surface area contributed by atoms with Gasteiger partial charge in [0.05, 0.1) is 23.6 Å². The van der Waals surface area contributed by atoms with Crippen molar-refractivity contribution in [1.82, 2.24) is 29.7 Å². The van der Waals surface area contributed by atoms with Crippen LogP contribution in [0.4, 0.5) is 0 Å². The van der Waals surface area contributed by atoms with Gasteiger partial charge in [0.2, 0.25) is 0 Å². The van der Waals surface area contributed by atoms with E-state index in [4.69, 9.17) is 0 Å². The van der Waals surface area contributed by atoms with Crippen molar-refractivity contribution in [2.75, 3.05) is 26.2 Å². The molecular weight excluding hydrogens is 320 g/mol. The number of imidazole rings is 1. The molecule has 126 valence electrons. The predicted octanol–water partition coefficient (Wildman–Crippen LogP) is 0.951. The van der Waals surface area contributed by atoms with Gasteiger partial charge < -0.3 is 14.8 Å². The first-order chi connectivity index (χ1) is 12.2. The van der Waals surface area contributed by atoms with E-state index in [0.29, 0.717) is 37.4 Å². The number of benzene rings is 1. The van der Waals surface area contributed by atoms with Crippen LogP contribution >= 0.6 is 0 Å². The zero-order valence-corrected chi connectivity index (χ0v) is 13.4. The minimum Gasteiger partial charge on any atom is -0.345 e. The van der Waals surface area contributed by atoms with Crippen molar-refractivity contribution >= 4 is 22.8 Å². The summed E-state index contributed by atoms with van der Waals surface area (Å²) in [6.45, 7) is 1.94. The SMILES string of the molecule is O=C(c1ccc2nc[nH]c2c1)N1CCN(C(=O)c2cnccn2)CC1. The molecule has 1 saturated heterocycles. The molecule has 2 aromatic heterocycles. The number of H-pyrrole nitrogens is 1.